The predicted molar refractivity (Wildman–Crippen MR) is 47.8 cm³/mol. The monoisotopic (exact) mass is 266 g/mol. The maximum Gasteiger partial charge on any atom is 1.00 e. The standard InChI is InChI=1S/C7H6O6S.2Na.2H/c8-7(9)5-3-1-2-4-6(5)13-14(10,11)12;;;;/h1-4H,(H,8,9)(H,10,11,12);;;;/q;2*+1;2*-1. The Morgan fingerprint density at radius 1 is 1.25 bits per heavy atom. The van der Waals surface area contributed by atoms with E-state index in [1.807, 2.05) is 0 Å². The molecule has 1 aromatic rings. The minimum absolute atomic E-state index is 0. The third-order valence-electron chi connectivity index (χ3n) is 1.31. The van der Waals surface area contributed by atoms with Crippen molar-refractivity contribution in [2.75, 3.05) is 0 Å². The Morgan fingerprint density at radius 2 is 1.75 bits per heavy atom. The van der Waals surface area contributed by atoms with Crippen molar-refractivity contribution in [2.45, 2.75) is 0 Å². The van der Waals surface area contributed by atoms with Crippen LogP contribution >= 0.6 is 0 Å². The van der Waals surface area contributed by atoms with E-state index in [2.05, 4.69) is 4.18 Å². The summed E-state index contributed by atoms with van der Waals surface area (Å²) in [5.41, 5.74) is -0.342. The summed E-state index contributed by atoms with van der Waals surface area (Å²) in [6, 6.07) is 5.06. The second-order valence-electron chi connectivity index (χ2n) is 2.31. The first kappa shape index (κ1) is 18.8. The number of benzene rings is 1. The van der Waals surface area contributed by atoms with E-state index in [4.69, 9.17) is 9.66 Å². The van der Waals surface area contributed by atoms with Crippen LogP contribution in [0.3, 0.4) is 0 Å². The molecule has 0 atom stereocenters. The smallest absolute Gasteiger partial charge is 1.00 e. The third kappa shape index (κ3) is 6.21. The molecule has 0 bridgehead atoms. The fraction of sp³-hybridized carbons (Fsp3) is 0. The van der Waals surface area contributed by atoms with Crippen LogP contribution in [0.15, 0.2) is 24.3 Å². The molecule has 0 aromatic heterocycles. The fourth-order valence-corrected chi connectivity index (χ4v) is 1.20. The summed E-state index contributed by atoms with van der Waals surface area (Å²) >= 11 is 0. The van der Waals surface area contributed by atoms with E-state index >= 15 is 0 Å². The molecule has 6 nitrogen and oxygen atoms in total. The molecule has 0 unspecified atom stereocenters. The summed E-state index contributed by atoms with van der Waals surface area (Å²) in [6.07, 6.45) is 0. The molecule has 0 heterocycles. The van der Waals surface area contributed by atoms with Gasteiger partial charge in [0.2, 0.25) is 0 Å². The number of carboxylic acid groups (broad SMARTS) is 1. The molecule has 9 heteroatoms. The van der Waals surface area contributed by atoms with E-state index in [1.165, 1.54) is 12.1 Å². The number of carbonyl (C=O) groups is 1. The maximum absolute atomic E-state index is 10.6. The van der Waals surface area contributed by atoms with E-state index in [-0.39, 0.29) is 67.5 Å². The van der Waals surface area contributed by atoms with Crippen molar-refractivity contribution in [1.29, 1.82) is 0 Å². The van der Waals surface area contributed by atoms with Crippen LogP contribution in [-0.4, -0.2) is 24.0 Å². The number of hydrogen-bond donors (Lipinski definition) is 2. The van der Waals surface area contributed by atoms with Gasteiger partial charge in [-0.1, -0.05) is 12.1 Å². The molecule has 1 rings (SSSR count). The quantitative estimate of drug-likeness (QED) is 0.419. The van der Waals surface area contributed by atoms with Gasteiger partial charge in [-0.15, -0.1) is 0 Å². The summed E-state index contributed by atoms with van der Waals surface area (Å²) in [7, 11) is -4.70. The molecule has 0 amide bonds. The zero-order valence-corrected chi connectivity index (χ0v) is 13.6. The molecule has 0 aliphatic carbocycles. The zero-order valence-electron chi connectivity index (χ0n) is 10.7. The molecular weight excluding hydrogens is 258 g/mol. The Kier molecular flexibility index (Phi) is 9.00. The average molecular weight is 266 g/mol. The summed E-state index contributed by atoms with van der Waals surface area (Å²) in [4.78, 5) is 10.6. The van der Waals surface area contributed by atoms with E-state index in [1.54, 1.807) is 0 Å². The maximum atomic E-state index is 10.6. The van der Waals surface area contributed by atoms with Crippen LogP contribution in [0.4, 0.5) is 0 Å². The summed E-state index contributed by atoms with van der Waals surface area (Å²) < 4.78 is 33.0. The van der Waals surface area contributed by atoms with Gasteiger partial charge >= 0.3 is 75.5 Å². The van der Waals surface area contributed by atoms with Crippen LogP contribution in [-0.2, 0) is 10.4 Å². The SMILES string of the molecule is O=C(O)c1ccccc1OS(=O)(=O)O.[H-].[H-].[Na+].[Na+]. The molecule has 0 spiro atoms. The van der Waals surface area contributed by atoms with E-state index in [0.29, 0.717) is 0 Å². The minimum Gasteiger partial charge on any atom is -1.00 e. The van der Waals surface area contributed by atoms with Crippen molar-refractivity contribution < 1.29 is 89.0 Å². The second-order valence-corrected chi connectivity index (χ2v) is 3.33. The van der Waals surface area contributed by atoms with Crippen molar-refractivity contribution in [3.63, 3.8) is 0 Å². The Labute approximate surface area is 139 Å². The fourth-order valence-electron chi connectivity index (χ4n) is 0.829. The molecule has 0 radical (unpaired) electrons. The number of para-hydroxylation sites is 1. The van der Waals surface area contributed by atoms with Gasteiger partial charge in [0, 0.05) is 0 Å². The van der Waals surface area contributed by atoms with E-state index < -0.39 is 22.1 Å². The zero-order chi connectivity index (χ0) is 10.8. The molecule has 0 aliphatic heterocycles. The normalized spacial score (nSPS) is 9.56. The van der Waals surface area contributed by atoms with Crippen molar-refractivity contribution >= 4 is 16.4 Å². The van der Waals surface area contributed by atoms with Crippen molar-refractivity contribution in [3.8, 4) is 5.75 Å². The van der Waals surface area contributed by atoms with Gasteiger partial charge in [-0.05, 0) is 12.1 Å². The van der Waals surface area contributed by atoms with Crippen LogP contribution in [0.5, 0.6) is 5.75 Å². The van der Waals surface area contributed by atoms with E-state index in [0.717, 1.165) is 12.1 Å². The summed E-state index contributed by atoms with van der Waals surface area (Å²) in [6.45, 7) is 0. The van der Waals surface area contributed by atoms with Crippen LogP contribution in [0.25, 0.3) is 0 Å². The van der Waals surface area contributed by atoms with Crippen molar-refractivity contribution in [1.82, 2.24) is 0 Å². The Hall–Kier alpha value is 0.400. The van der Waals surface area contributed by atoms with Crippen LogP contribution < -0.4 is 63.3 Å². The van der Waals surface area contributed by atoms with Crippen LogP contribution in [0.2, 0.25) is 0 Å². The first-order chi connectivity index (χ1) is 6.40. The molecule has 0 saturated carbocycles. The average Bonchev–Trinajstić information content (AvgIpc) is 2.01. The van der Waals surface area contributed by atoms with Gasteiger partial charge in [0.25, 0.3) is 0 Å². The van der Waals surface area contributed by atoms with Gasteiger partial charge in [0.05, 0.1) is 0 Å². The molecule has 0 fully saturated rings. The number of rotatable bonds is 3. The summed E-state index contributed by atoms with van der Waals surface area (Å²) in [5.74, 6) is -1.77. The van der Waals surface area contributed by atoms with Gasteiger partial charge in [-0.3, -0.25) is 4.55 Å². The van der Waals surface area contributed by atoms with Gasteiger partial charge in [-0.2, -0.15) is 8.42 Å². The topological polar surface area (TPSA) is 101 Å². The Balaban J connectivity index is -0.000000245. The van der Waals surface area contributed by atoms with Crippen molar-refractivity contribution in [3.05, 3.63) is 29.8 Å². The Bertz CT molecular complexity index is 467. The molecule has 2 N–H and O–H groups in total. The molecule has 0 saturated heterocycles. The number of hydrogen-bond acceptors (Lipinski definition) is 4. The van der Waals surface area contributed by atoms with Gasteiger partial charge in [-0.25, -0.2) is 4.79 Å². The Morgan fingerprint density at radius 3 is 2.19 bits per heavy atom. The van der Waals surface area contributed by atoms with Crippen LogP contribution in [0, 0.1) is 0 Å². The predicted octanol–water partition coefficient (Wildman–Crippen LogP) is -5.20. The number of carboxylic acids is 1. The van der Waals surface area contributed by atoms with E-state index in [9.17, 15) is 13.2 Å². The largest absolute Gasteiger partial charge is 1.00 e. The first-order valence-corrected chi connectivity index (χ1v) is 4.76. The molecule has 1 aromatic carbocycles. The first-order valence-electron chi connectivity index (χ1n) is 3.39. The minimum atomic E-state index is -4.70. The van der Waals surface area contributed by atoms with Gasteiger partial charge in [0.15, 0.2) is 5.75 Å². The molecule has 16 heavy (non-hydrogen) atoms. The molecular formula is C7H8Na2O6S. The second kappa shape index (κ2) is 7.67. The number of aromatic carboxylic acids is 1. The van der Waals surface area contributed by atoms with Gasteiger partial charge < -0.3 is 12.1 Å². The molecule has 0 aliphatic rings. The molecule has 80 valence electrons. The van der Waals surface area contributed by atoms with Crippen LogP contribution in [0.1, 0.15) is 13.2 Å². The third-order valence-corrected chi connectivity index (χ3v) is 1.70. The summed E-state index contributed by atoms with van der Waals surface area (Å²) in [5, 5.41) is 8.61. The van der Waals surface area contributed by atoms with Gasteiger partial charge in [0.1, 0.15) is 5.56 Å². The van der Waals surface area contributed by atoms with Crippen molar-refractivity contribution in [2.24, 2.45) is 0 Å².